The van der Waals surface area contributed by atoms with Gasteiger partial charge in [-0.3, -0.25) is 4.98 Å². The predicted molar refractivity (Wildman–Crippen MR) is 106 cm³/mol. The van der Waals surface area contributed by atoms with Crippen LogP contribution in [0.1, 0.15) is 37.4 Å². The Morgan fingerprint density at radius 3 is 2.88 bits per heavy atom. The summed E-state index contributed by atoms with van der Waals surface area (Å²) in [6.45, 7) is 3.22. The van der Waals surface area contributed by atoms with Gasteiger partial charge in [0, 0.05) is 60.2 Å². The molecule has 1 aliphatic heterocycles. The molecular formula is C21H23ClN4. The number of piperidine rings is 1. The average molecular weight is 367 g/mol. The highest BCUT2D eigenvalue weighted by molar-refractivity contribution is 6.31. The van der Waals surface area contributed by atoms with Gasteiger partial charge in [0.25, 0.3) is 0 Å². The van der Waals surface area contributed by atoms with Gasteiger partial charge in [-0.05, 0) is 55.9 Å². The molecule has 26 heavy (non-hydrogen) atoms. The van der Waals surface area contributed by atoms with Crippen molar-refractivity contribution in [2.24, 2.45) is 5.92 Å². The van der Waals surface area contributed by atoms with Crippen LogP contribution in [0, 0.1) is 5.92 Å². The number of anilines is 1. The summed E-state index contributed by atoms with van der Waals surface area (Å²) in [6.07, 6.45) is 11.2. The second kappa shape index (κ2) is 6.58. The van der Waals surface area contributed by atoms with Crippen LogP contribution in [0.3, 0.4) is 0 Å². The molecule has 134 valence electrons. The van der Waals surface area contributed by atoms with Crippen LogP contribution in [-0.4, -0.2) is 27.6 Å². The van der Waals surface area contributed by atoms with E-state index in [1.54, 1.807) is 0 Å². The van der Waals surface area contributed by atoms with Crippen molar-refractivity contribution in [3.63, 3.8) is 0 Å². The van der Waals surface area contributed by atoms with Gasteiger partial charge in [-0.2, -0.15) is 0 Å². The fourth-order valence-corrected chi connectivity index (χ4v) is 4.37. The van der Waals surface area contributed by atoms with Gasteiger partial charge in [-0.25, -0.2) is 4.98 Å². The summed E-state index contributed by atoms with van der Waals surface area (Å²) in [5, 5.41) is 1.90. The predicted octanol–water partition coefficient (Wildman–Crippen LogP) is 4.88. The maximum atomic E-state index is 6.25. The summed E-state index contributed by atoms with van der Waals surface area (Å²) >= 11 is 6.25. The van der Waals surface area contributed by atoms with E-state index in [-0.39, 0.29) is 0 Å². The molecule has 2 aliphatic rings. The summed E-state index contributed by atoms with van der Waals surface area (Å²) in [5.41, 5.74) is 2.24. The SMILES string of the molecule is Clc1ccc2nccc(N3CCCC(c4nccn4CC4CC4)C3)c2c1. The van der Waals surface area contributed by atoms with E-state index in [9.17, 15) is 0 Å². The molecule has 1 aliphatic carbocycles. The lowest BCUT2D eigenvalue weighted by Crippen LogP contribution is -2.35. The molecule has 5 rings (SSSR count). The first-order valence-electron chi connectivity index (χ1n) is 9.58. The van der Waals surface area contributed by atoms with E-state index in [1.807, 2.05) is 30.6 Å². The van der Waals surface area contributed by atoms with Crippen LogP contribution in [0.5, 0.6) is 0 Å². The number of imidazole rings is 1. The minimum atomic E-state index is 0.486. The van der Waals surface area contributed by atoms with E-state index in [1.165, 1.54) is 37.2 Å². The first kappa shape index (κ1) is 16.1. The van der Waals surface area contributed by atoms with Crippen molar-refractivity contribution in [2.45, 2.75) is 38.1 Å². The smallest absolute Gasteiger partial charge is 0.113 e. The molecular weight excluding hydrogens is 344 g/mol. The summed E-state index contributed by atoms with van der Waals surface area (Å²) < 4.78 is 2.40. The van der Waals surface area contributed by atoms with Crippen LogP contribution in [0.25, 0.3) is 10.9 Å². The largest absolute Gasteiger partial charge is 0.370 e. The normalized spacial score (nSPS) is 20.7. The maximum Gasteiger partial charge on any atom is 0.113 e. The molecule has 0 N–H and O–H groups in total. The van der Waals surface area contributed by atoms with Crippen molar-refractivity contribution < 1.29 is 0 Å². The highest BCUT2D eigenvalue weighted by Crippen LogP contribution is 2.35. The van der Waals surface area contributed by atoms with E-state index in [2.05, 4.69) is 26.7 Å². The lowest BCUT2D eigenvalue weighted by molar-refractivity contribution is 0.464. The Hall–Kier alpha value is -2.07. The summed E-state index contributed by atoms with van der Waals surface area (Å²) in [6, 6.07) is 8.08. The van der Waals surface area contributed by atoms with Gasteiger partial charge in [0.2, 0.25) is 0 Å². The van der Waals surface area contributed by atoms with Gasteiger partial charge in [0.05, 0.1) is 5.52 Å². The number of halogens is 1. The zero-order valence-electron chi connectivity index (χ0n) is 14.8. The second-order valence-corrected chi connectivity index (χ2v) is 8.09. The fraction of sp³-hybridized carbons (Fsp3) is 0.429. The van der Waals surface area contributed by atoms with E-state index in [0.29, 0.717) is 5.92 Å². The van der Waals surface area contributed by atoms with Crippen molar-refractivity contribution in [1.29, 1.82) is 0 Å². The number of pyridine rings is 1. The molecule has 0 spiro atoms. The molecule has 1 aromatic carbocycles. The molecule has 1 saturated heterocycles. The van der Waals surface area contributed by atoms with Gasteiger partial charge in [0.15, 0.2) is 0 Å². The summed E-state index contributed by atoms with van der Waals surface area (Å²) in [5.74, 6) is 2.62. The Balaban J connectivity index is 1.44. The molecule has 1 unspecified atom stereocenters. The van der Waals surface area contributed by atoms with Gasteiger partial charge < -0.3 is 9.47 Å². The Morgan fingerprint density at radius 1 is 1.08 bits per heavy atom. The quantitative estimate of drug-likeness (QED) is 0.660. The van der Waals surface area contributed by atoms with Gasteiger partial charge in [-0.15, -0.1) is 0 Å². The number of rotatable bonds is 4. The number of nitrogens with zero attached hydrogens (tertiary/aromatic N) is 4. The van der Waals surface area contributed by atoms with Crippen LogP contribution in [-0.2, 0) is 6.54 Å². The Kier molecular flexibility index (Phi) is 4.08. The Morgan fingerprint density at radius 2 is 2.00 bits per heavy atom. The average Bonchev–Trinajstić information content (AvgIpc) is 3.36. The minimum Gasteiger partial charge on any atom is -0.370 e. The molecule has 1 atom stereocenters. The first-order valence-corrected chi connectivity index (χ1v) is 9.96. The number of hydrogen-bond acceptors (Lipinski definition) is 3. The monoisotopic (exact) mass is 366 g/mol. The van der Waals surface area contributed by atoms with Crippen LogP contribution in [0.2, 0.25) is 5.02 Å². The van der Waals surface area contributed by atoms with Gasteiger partial charge in [-0.1, -0.05) is 11.6 Å². The lowest BCUT2D eigenvalue weighted by Gasteiger charge is -2.35. The lowest BCUT2D eigenvalue weighted by atomic mass is 9.96. The third kappa shape index (κ3) is 3.07. The Labute approximate surface area is 158 Å². The van der Waals surface area contributed by atoms with Gasteiger partial charge >= 0.3 is 0 Å². The first-order chi connectivity index (χ1) is 12.8. The van der Waals surface area contributed by atoms with Crippen molar-refractivity contribution in [1.82, 2.24) is 14.5 Å². The summed E-state index contributed by atoms with van der Waals surface area (Å²) in [7, 11) is 0. The van der Waals surface area contributed by atoms with E-state index in [0.717, 1.165) is 41.5 Å². The third-order valence-corrected chi connectivity index (χ3v) is 5.94. The zero-order valence-corrected chi connectivity index (χ0v) is 15.6. The van der Waals surface area contributed by atoms with E-state index < -0.39 is 0 Å². The number of aromatic nitrogens is 3. The van der Waals surface area contributed by atoms with Crippen LogP contribution >= 0.6 is 11.6 Å². The molecule has 0 radical (unpaired) electrons. The minimum absolute atomic E-state index is 0.486. The number of fused-ring (bicyclic) bond motifs is 1. The van der Waals surface area contributed by atoms with Crippen LogP contribution < -0.4 is 4.90 Å². The number of hydrogen-bond donors (Lipinski definition) is 0. The van der Waals surface area contributed by atoms with Gasteiger partial charge in [0.1, 0.15) is 5.82 Å². The zero-order chi connectivity index (χ0) is 17.5. The molecule has 0 amide bonds. The van der Waals surface area contributed by atoms with Crippen molar-refractivity contribution in [3.8, 4) is 0 Å². The number of benzene rings is 1. The molecule has 4 nitrogen and oxygen atoms in total. The molecule has 3 heterocycles. The maximum absolute atomic E-state index is 6.25. The highest BCUT2D eigenvalue weighted by Gasteiger charge is 2.28. The molecule has 1 saturated carbocycles. The fourth-order valence-electron chi connectivity index (χ4n) is 4.20. The van der Waals surface area contributed by atoms with Crippen molar-refractivity contribution >= 4 is 28.2 Å². The standard InChI is InChI=1S/C21H23ClN4/c22-17-5-6-19-18(12-17)20(7-8-23-19)25-10-1-2-16(14-25)21-24-9-11-26(21)13-15-3-4-15/h5-9,11-12,15-16H,1-4,10,13-14H2. The summed E-state index contributed by atoms with van der Waals surface area (Å²) in [4.78, 5) is 11.7. The van der Waals surface area contributed by atoms with Crippen LogP contribution in [0.4, 0.5) is 5.69 Å². The van der Waals surface area contributed by atoms with E-state index >= 15 is 0 Å². The molecule has 2 fully saturated rings. The molecule has 3 aromatic rings. The highest BCUT2D eigenvalue weighted by atomic mass is 35.5. The molecule has 0 bridgehead atoms. The van der Waals surface area contributed by atoms with Crippen LogP contribution in [0.15, 0.2) is 42.9 Å². The van der Waals surface area contributed by atoms with Crippen molar-refractivity contribution in [3.05, 3.63) is 53.7 Å². The van der Waals surface area contributed by atoms with E-state index in [4.69, 9.17) is 16.6 Å². The topological polar surface area (TPSA) is 34.0 Å². The second-order valence-electron chi connectivity index (χ2n) is 7.66. The molecule has 2 aromatic heterocycles. The molecule has 5 heteroatoms. The van der Waals surface area contributed by atoms with Crippen molar-refractivity contribution in [2.75, 3.05) is 18.0 Å². The third-order valence-electron chi connectivity index (χ3n) is 5.71. The Bertz CT molecular complexity index is 931.